The monoisotopic (exact) mass is 427 g/mol. The van der Waals surface area contributed by atoms with E-state index in [1.54, 1.807) is 12.1 Å². The summed E-state index contributed by atoms with van der Waals surface area (Å²) >= 11 is 4.70. The van der Waals surface area contributed by atoms with Crippen molar-refractivity contribution in [3.8, 4) is 0 Å². The quantitative estimate of drug-likeness (QED) is 0.351. The smallest absolute Gasteiger partial charge is 0.270 e. The van der Waals surface area contributed by atoms with E-state index in [2.05, 4.69) is 26.2 Å². The highest BCUT2D eigenvalue weighted by molar-refractivity contribution is 9.10. The van der Waals surface area contributed by atoms with E-state index in [0.717, 1.165) is 15.2 Å². The molecule has 0 aliphatic carbocycles. The number of nitro benzene ring substituents is 1. The fraction of sp³-hybridized carbons (Fsp3) is 0. The summed E-state index contributed by atoms with van der Waals surface area (Å²) < 4.78 is 1.56. The Balaban J connectivity index is 1.69. The number of amides is 1. The van der Waals surface area contributed by atoms with Gasteiger partial charge in [-0.1, -0.05) is 51.5 Å². The van der Waals surface area contributed by atoms with Gasteiger partial charge in [-0.15, -0.1) is 0 Å². The molecule has 8 heteroatoms. The molecule has 1 heterocycles. The molecule has 128 valence electrons. The number of rotatable bonds is 3. The number of fused-ring (bicyclic) bond motifs is 2. The number of hydrogen-bond donors (Lipinski definition) is 1. The van der Waals surface area contributed by atoms with Crippen LogP contribution in [0, 0.1) is 10.1 Å². The lowest BCUT2D eigenvalue weighted by Gasteiger charge is -2.07. The lowest BCUT2D eigenvalue weighted by Crippen LogP contribution is -2.12. The molecule has 6 nitrogen and oxygen atoms in total. The van der Waals surface area contributed by atoms with Crippen molar-refractivity contribution in [1.29, 1.82) is 0 Å². The minimum absolute atomic E-state index is 0.00192. The third kappa shape index (κ3) is 2.93. The molecule has 26 heavy (non-hydrogen) atoms. The molecule has 0 spiro atoms. The number of carbonyl (C=O) groups is 1. The standard InChI is InChI=1S/C18H10BrN3O3S/c19-14-6-2-3-11-12(14)4-1-5-13(11)17(23)21-18-20-15-8-7-10(22(24)25)9-16(15)26-18/h1-9H,(H,20,21,23). The molecule has 0 radical (unpaired) electrons. The van der Waals surface area contributed by atoms with Crippen LogP contribution < -0.4 is 5.32 Å². The first-order chi connectivity index (χ1) is 12.5. The van der Waals surface area contributed by atoms with Crippen LogP contribution in [0.1, 0.15) is 10.4 Å². The van der Waals surface area contributed by atoms with E-state index in [1.165, 1.54) is 23.5 Å². The van der Waals surface area contributed by atoms with E-state index in [4.69, 9.17) is 0 Å². The minimum atomic E-state index is -0.453. The molecule has 1 N–H and O–H groups in total. The van der Waals surface area contributed by atoms with Crippen LogP contribution in [0.25, 0.3) is 21.0 Å². The van der Waals surface area contributed by atoms with E-state index in [-0.39, 0.29) is 11.6 Å². The van der Waals surface area contributed by atoms with Crippen molar-refractivity contribution in [3.63, 3.8) is 0 Å². The molecule has 0 aliphatic rings. The van der Waals surface area contributed by atoms with Gasteiger partial charge in [0.15, 0.2) is 5.13 Å². The number of non-ortho nitro benzene ring substituents is 1. The highest BCUT2D eigenvalue weighted by atomic mass is 79.9. The van der Waals surface area contributed by atoms with E-state index in [0.29, 0.717) is 20.9 Å². The van der Waals surface area contributed by atoms with Gasteiger partial charge in [-0.3, -0.25) is 20.2 Å². The molecule has 0 saturated carbocycles. The molecule has 0 saturated heterocycles. The molecule has 0 fully saturated rings. The Labute approximate surface area is 159 Å². The van der Waals surface area contributed by atoms with Crippen molar-refractivity contribution < 1.29 is 9.72 Å². The van der Waals surface area contributed by atoms with Crippen LogP contribution in [-0.4, -0.2) is 15.8 Å². The fourth-order valence-corrected chi connectivity index (χ4v) is 4.11. The third-order valence-electron chi connectivity index (χ3n) is 3.92. The van der Waals surface area contributed by atoms with Crippen molar-refractivity contribution >= 4 is 65.0 Å². The highest BCUT2D eigenvalue weighted by Gasteiger charge is 2.15. The number of hydrogen-bond acceptors (Lipinski definition) is 5. The van der Waals surface area contributed by atoms with Gasteiger partial charge in [0.25, 0.3) is 11.6 Å². The van der Waals surface area contributed by atoms with Gasteiger partial charge in [0, 0.05) is 22.2 Å². The summed E-state index contributed by atoms with van der Waals surface area (Å²) in [4.78, 5) is 27.5. The number of benzene rings is 3. The first-order valence-electron chi connectivity index (χ1n) is 7.56. The molecule has 0 bridgehead atoms. The summed E-state index contributed by atoms with van der Waals surface area (Å²) in [6.45, 7) is 0. The predicted molar refractivity (Wildman–Crippen MR) is 106 cm³/mol. The summed E-state index contributed by atoms with van der Waals surface area (Å²) in [6, 6.07) is 15.6. The van der Waals surface area contributed by atoms with Crippen molar-refractivity contribution in [3.05, 3.63) is 74.7 Å². The number of aromatic nitrogens is 1. The largest absolute Gasteiger partial charge is 0.298 e. The lowest BCUT2D eigenvalue weighted by atomic mass is 10.0. The Bertz CT molecular complexity index is 1190. The topological polar surface area (TPSA) is 85.1 Å². The van der Waals surface area contributed by atoms with Gasteiger partial charge < -0.3 is 0 Å². The molecule has 0 aliphatic heterocycles. The summed E-state index contributed by atoms with van der Waals surface area (Å²) in [7, 11) is 0. The van der Waals surface area contributed by atoms with Gasteiger partial charge >= 0.3 is 0 Å². The number of carbonyl (C=O) groups excluding carboxylic acids is 1. The Hall–Kier alpha value is -2.84. The fourth-order valence-electron chi connectivity index (χ4n) is 2.71. The van der Waals surface area contributed by atoms with E-state index >= 15 is 0 Å². The minimum Gasteiger partial charge on any atom is -0.298 e. The van der Waals surface area contributed by atoms with Gasteiger partial charge in [0.05, 0.1) is 15.1 Å². The van der Waals surface area contributed by atoms with Gasteiger partial charge in [0.1, 0.15) is 0 Å². The number of thiazole rings is 1. The average Bonchev–Trinajstić information content (AvgIpc) is 3.02. The van der Waals surface area contributed by atoms with Gasteiger partial charge in [-0.2, -0.15) is 0 Å². The molecule has 1 amide bonds. The van der Waals surface area contributed by atoms with Crippen LogP contribution in [0.2, 0.25) is 0 Å². The predicted octanol–water partition coefficient (Wildman–Crippen LogP) is 5.37. The van der Waals surface area contributed by atoms with E-state index < -0.39 is 4.92 Å². The second kappa shape index (κ2) is 6.47. The summed E-state index contributed by atoms with van der Waals surface area (Å²) in [5, 5.41) is 15.8. The molecular formula is C18H10BrN3O3S. The first kappa shape index (κ1) is 16.6. The van der Waals surface area contributed by atoms with Crippen LogP contribution in [-0.2, 0) is 0 Å². The molecule has 0 atom stereocenters. The molecule has 4 rings (SSSR count). The van der Waals surface area contributed by atoms with Gasteiger partial charge in [-0.25, -0.2) is 4.98 Å². The van der Waals surface area contributed by atoms with Crippen LogP contribution in [0.4, 0.5) is 10.8 Å². The normalized spacial score (nSPS) is 11.0. The summed E-state index contributed by atoms with van der Waals surface area (Å²) in [6.07, 6.45) is 0. The third-order valence-corrected chi connectivity index (χ3v) is 5.54. The average molecular weight is 428 g/mol. The lowest BCUT2D eigenvalue weighted by molar-refractivity contribution is -0.384. The molecule has 1 aromatic heterocycles. The molecule has 3 aromatic carbocycles. The second-order valence-electron chi connectivity index (χ2n) is 5.52. The first-order valence-corrected chi connectivity index (χ1v) is 9.17. The molecular weight excluding hydrogens is 418 g/mol. The van der Waals surface area contributed by atoms with Crippen LogP contribution in [0.15, 0.2) is 59.1 Å². The SMILES string of the molecule is O=C(Nc1nc2ccc([N+](=O)[O-])cc2s1)c1cccc2c(Br)cccc12. The van der Waals surface area contributed by atoms with Crippen LogP contribution in [0.5, 0.6) is 0 Å². The number of halogens is 1. The number of nitrogens with one attached hydrogen (secondary N) is 1. The zero-order chi connectivity index (χ0) is 18.3. The maximum atomic E-state index is 12.7. The highest BCUT2D eigenvalue weighted by Crippen LogP contribution is 2.30. The van der Waals surface area contributed by atoms with Gasteiger partial charge in [-0.05, 0) is 29.0 Å². The number of nitro groups is 1. The van der Waals surface area contributed by atoms with Crippen molar-refractivity contribution in [2.45, 2.75) is 0 Å². The van der Waals surface area contributed by atoms with Crippen molar-refractivity contribution in [2.75, 3.05) is 5.32 Å². The van der Waals surface area contributed by atoms with E-state index in [9.17, 15) is 14.9 Å². The maximum Gasteiger partial charge on any atom is 0.270 e. The van der Waals surface area contributed by atoms with E-state index in [1.807, 2.05) is 30.3 Å². The maximum absolute atomic E-state index is 12.7. The van der Waals surface area contributed by atoms with Gasteiger partial charge in [0.2, 0.25) is 0 Å². The Morgan fingerprint density at radius 3 is 2.69 bits per heavy atom. The summed E-state index contributed by atoms with van der Waals surface area (Å²) in [5.41, 5.74) is 1.14. The Morgan fingerprint density at radius 2 is 1.88 bits per heavy atom. The zero-order valence-electron chi connectivity index (χ0n) is 13.1. The van der Waals surface area contributed by atoms with Crippen LogP contribution >= 0.6 is 27.3 Å². The zero-order valence-corrected chi connectivity index (χ0v) is 15.5. The molecule has 4 aromatic rings. The number of nitrogens with zero attached hydrogens (tertiary/aromatic N) is 2. The molecule has 0 unspecified atom stereocenters. The second-order valence-corrected chi connectivity index (χ2v) is 7.41. The Kier molecular flexibility index (Phi) is 4.14. The summed E-state index contributed by atoms with van der Waals surface area (Å²) in [5.74, 6) is -0.276. The van der Waals surface area contributed by atoms with Crippen molar-refractivity contribution in [1.82, 2.24) is 4.98 Å². The van der Waals surface area contributed by atoms with Crippen molar-refractivity contribution in [2.24, 2.45) is 0 Å². The Morgan fingerprint density at radius 1 is 1.12 bits per heavy atom. The number of anilines is 1. The van der Waals surface area contributed by atoms with Crippen LogP contribution in [0.3, 0.4) is 0 Å².